The van der Waals surface area contributed by atoms with E-state index in [1.807, 2.05) is 24.3 Å². The van der Waals surface area contributed by atoms with Crippen LogP contribution in [-0.4, -0.2) is 18.2 Å². The van der Waals surface area contributed by atoms with E-state index in [0.29, 0.717) is 6.54 Å². The van der Waals surface area contributed by atoms with E-state index >= 15 is 0 Å². The van der Waals surface area contributed by atoms with Gasteiger partial charge in [0.2, 0.25) is 5.91 Å². The number of carbonyl (C=O) groups excluding carboxylic acids is 2. The van der Waals surface area contributed by atoms with E-state index in [0.717, 1.165) is 24.0 Å². The number of rotatable bonds is 3. The molecule has 0 aliphatic heterocycles. The Balaban J connectivity index is 1.94. The molecule has 1 aromatic carbocycles. The van der Waals surface area contributed by atoms with E-state index in [-0.39, 0.29) is 17.6 Å². The summed E-state index contributed by atoms with van der Waals surface area (Å²) in [6.45, 7) is 1.80. The first-order chi connectivity index (χ1) is 8.66. The second kappa shape index (κ2) is 5.50. The Labute approximate surface area is 107 Å². The molecule has 0 saturated heterocycles. The Kier molecular flexibility index (Phi) is 3.78. The van der Waals surface area contributed by atoms with E-state index in [1.165, 1.54) is 6.92 Å². The Hall–Kier alpha value is -2.08. The van der Waals surface area contributed by atoms with Crippen LogP contribution in [0.2, 0.25) is 0 Å². The first-order valence-corrected chi connectivity index (χ1v) is 6.04. The lowest BCUT2D eigenvalue weighted by atomic mass is 10.1. The smallest absolute Gasteiger partial charge is 0.217 e. The zero-order chi connectivity index (χ0) is 13.0. The van der Waals surface area contributed by atoms with Crippen molar-refractivity contribution in [3.8, 4) is 11.8 Å². The summed E-state index contributed by atoms with van der Waals surface area (Å²) in [5.41, 5.74) is 1.62. The summed E-state index contributed by atoms with van der Waals surface area (Å²) in [6, 6.07) is 7.33. The van der Waals surface area contributed by atoms with Crippen molar-refractivity contribution in [2.24, 2.45) is 5.92 Å². The fraction of sp³-hybridized carbons (Fsp3) is 0.333. The van der Waals surface area contributed by atoms with Crippen LogP contribution in [0.25, 0.3) is 0 Å². The summed E-state index contributed by atoms with van der Waals surface area (Å²) < 4.78 is 0. The van der Waals surface area contributed by atoms with Gasteiger partial charge in [-0.15, -0.1) is 0 Å². The highest BCUT2D eigenvalue weighted by atomic mass is 16.1. The molecule has 1 saturated carbocycles. The van der Waals surface area contributed by atoms with Crippen molar-refractivity contribution in [3.63, 3.8) is 0 Å². The highest BCUT2D eigenvalue weighted by molar-refractivity contribution is 5.99. The number of nitrogens with one attached hydrogen (secondary N) is 1. The third-order valence-electron chi connectivity index (χ3n) is 2.78. The van der Waals surface area contributed by atoms with Crippen LogP contribution in [0.5, 0.6) is 0 Å². The van der Waals surface area contributed by atoms with E-state index in [4.69, 9.17) is 0 Å². The maximum atomic E-state index is 11.8. The number of Topliss-reactive ketones (excluding diaryl/α,β-unsaturated/α-hetero) is 1. The van der Waals surface area contributed by atoms with Gasteiger partial charge in [-0.25, -0.2) is 0 Å². The lowest BCUT2D eigenvalue weighted by molar-refractivity contribution is -0.118. The van der Waals surface area contributed by atoms with E-state index in [2.05, 4.69) is 17.2 Å². The molecule has 3 heteroatoms. The van der Waals surface area contributed by atoms with Gasteiger partial charge in [-0.2, -0.15) is 0 Å². The van der Waals surface area contributed by atoms with Gasteiger partial charge in [0.25, 0.3) is 0 Å². The fourth-order valence-corrected chi connectivity index (χ4v) is 1.61. The van der Waals surface area contributed by atoms with Crippen LogP contribution in [0.3, 0.4) is 0 Å². The Morgan fingerprint density at radius 1 is 1.28 bits per heavy atom. The minimum atomic E-state index is -0.0883. The van der Waals surface area contributed by atoms with Gasteiger partial charge in [-0.3, -0.25) is 9.59 Å². The van der Waals surface area contributed by atoms with Gasteiger partial charge in [-0.05, 0) is 25.0 Å². The summed E-state index contributed by atoms with van der Waals surface area (Å²) in [4.78, 5) is 22.4. The van der Waals surface area contributed by atoms with Gasteiger partial charge >= 0.3 is 0 Å². The molecular weight excluding hydrogens is 226 g/mol. The summed E-state index contributed by atoms with van der Waals surface area (Å²) in [5.74, 6) is 6.19. The fourth-order valence-electron chi connectivity index (χ4n) is 1.61. The van der Waals surface area contributed by atoms with Crippen molar-refractivity contribution in [2.75, 3.05) is 6.54 Å². The molecule has 1 amide bonds. The van der Waals surface area contributed by atoms with Crippen molar-refractivity contribution in [3.05, 3.63) is 35.4 Å². The van der Waals surface area contributed by atoms with Crippen LogP contribution in [0.15, 0.2) is 24.3 Å². The molecule has 1 N–H and O–H groups in total. The van der Waals surface area contributed by atoms with Crippen molar-refractivity contribution in [1.29, 1.82) is 0 Å². The molecule has 3 nitrogen and oxygen atoms in total. The number of benzene rings is 1. The normalized spacial score (nSPS) is 13.4. The standard InChI is InChI=1S/C15H15NO2/c1-11(17)16-10-2-3-12-4-6-13(7-5-12)15(18)14-8-9-14/h4-7,14H,8-10H2,1H3,(H,16,17). The number of ketones is 1. The summed E-state index contributed by atoms with van der Waals surface area (Å²) in [7, 11) is 0. The molecule has 92 valence electrons. The van der Waals surface area contributed by atoms with E-state index in [1.54, 1.807) is 0 Å². The summed E-state index contributed by atoms with van der Waals surface area (Å²) >= 11 is 0. The monoisotopic (exact) mass is 241 g/mol. The molecule has 1 aromatic rings. The van der Waals surface area contributed by atoms with Crippen LogP contribution in [-0.2, 0) is 4.79 Å². The minimum Gasteiger partial charge on any atom is -0.345 e. The summed E-state index contributed by atoms with van der Waals surface area (Å²) in [6.07, 6.45) is 2.05. The van der Waals surface area contributed by atoms with Gasteiger partial charge in [-0.1, -0.05) is 24.0 Å². The molecule has 0 atom stereocenters. The van der Waals surface area contributed by atoms with Crippen molar-refractivity contribution < 1.29 is 9.59 Å². The molecule has 18 heavy (non-hydrogen) atoms. The topological polar surface area (TPSA) is 46.2 Å². The van der Waals surface area contributed by atoms with E-state index in [9.17, 15) is 9.59 Å². The molecule has 1 aliphatic rings. The average Bonchev–Trinajstić information content (AvgIpc) is 3.18. The summed E-state index contributed by atoms with van der Waals surface area (Å²) in [5, 5.41) is 2.60. The first kappa shape index (κ1) is 12.4. The van der Waals surface area contributed by atoms with Crippen molar-refractivity contribution >= 4 is 11.7 Å². The number of carbonyl (C=O) groups is 2. The molecule has 1 fully saturated rings. The Morgan fingerprint density at radius 2 is 1.94 bits per heavy atom. The molecule has 0 radical (unpaired) electrons. The molecule has 0 aromatic heterocycles. The van der Waals surface area contributed by atoms with Crippen LogP contribution in [0.4, 0.5) is 0 Å². The Bertz CT molecular complexity index is 516. The maximum Gasteiger partial charge on any atom is 0.217 e. The third-order valence-corrected chi connectivity index (χ3v) is 2.78. The van der Waals surface area contributed by atoms with Crippen LogP contribution < -0.4 is 5.32 Å². The van der Waals surface area contributed by atoms with Gasteiger partial charge < -0.3 is 5.32 Å². The predicted molar refractivity (Wildman–Crippen MR) is 69.1 cm³/mol. The predicted octanol–water partition coefficient (Wildman–Crippen LogP) is 1.77. The molecule has 0 spiro atoms. The number of amides is 1. The molecule has 0 heterocycles. The maximum absolute atomic E-state index is 11.8. The minimum absolute atomic E-state index is 0.0883. The van der Waals surface area contributed by atoms with Gasteiger partial charge in [0.05, 0.1) is 6.54 Å². The molecule has 0 unspecified atom stereocenters. The largest absolute Gasteiger partial charge is 0.345 e. The quantitative estimate of drug-likeness (QED) is 0.647. The number of hydrogen-bond donors (Lipinski definition) is 1. The van der Waals surface area contributed by atoms with Gasteiger partial charge in [0, 0.05) is 24.0 Å². The second-order valence-electron chi connectivity index (χ2n) is 4.43. The second-order valence-corrected chi connectivity index (χ2v) is 4.43. The SMILES string of the molecule is CC(=O)NCC#Cc1ccc(C(=O)C2CC2)cc1. The average molecular weight is 241 g/mol. The molecular formula is C15H15NO2. The van der Waals surface area contributed by atoms with Crippen LogP contribution in [0.1, 0.15) is 35.7 Å². The van der Waals surface area contributed by atoms with E-state index < -0.39 is 0 Å². The van der Waals surface area contributed by atoms with Crippen LogP contribution >= 0.6 is 0 Å². The lowest BCUT2D eigenvalue weighted by Gasteiger charge is -1.98. The van der Waals surface area contributed by atoms with Crippen molar-refractivity contribution in [1.82, 2.24) is 5.32 Å². The van der Waals surface area contributed by atoms with Gasteiger partial charge in [0.1, 0.15) is 0 Å². The number of hydrogen-bond acceptors (Lipinski definition) is 2. The van der Waals surface area contributed by atoms with Gasteiger partial charge in [0.15, 0.2) is 5.78 Å². The Morgan fingerprint density at radius 3 is 2.50 bits per heavy atom. The lowest BCUT2D eigenvalue weighted by Crippen LogP contribution is -2.19. The zero-order valence-electron chi connectivity index (χ0n) is 10.3. The molecule has 0 bridgehead atoms. The highest BCUT2D eigenvalue weighted by Crippen LogP contribution is 2.32. The molecule has 1 aliphatic carbocycles. The van der Waals surface area contributed by atoms with Crippen molar-refractivity contribution in [2.45, 2.75) is 19.8 Å². The highest BCUT2D eigenvalue weighted by Gasteiger charge is 2.30. The molecule has 2 rings (SSSR count). The first-order valence-electron chi connectivity index (χ1n) is 6.04. The van der Waals surface area contributed by atoms with Crippen LogP contribution in [0, 0.1) is 17.8 Å². The zero-order valence-corrected chi connectivity index (χ0v) is 10.3. The third kappa shape index (κ3) is 3.46.